The average molecular weight is 329 g/mol. The van der Waals surface area contributed by atoms with E-state index in [4.69, 9.17) is 4.74 Å². The van der Waals surface area contributed by atoms with Gasteiger partial charge in [0.15, 0.2) is 0 Å². The summed E-state index contributed by atoms with van der Waals surface area (Å²) in [5.74, 6) is 1.96. The summed E-state index contributed by atoms with van der Waals surface area (Å²) in [6.45, 7) is 4.60. The summed E-state index contributed by atoms with van der Waals surface area (Å²) < 4.78 is 6.11. The molecule has 2 N–H and O–H groups in total. The SMILES string of the molecule is C[C@]12CC[C@H]3[C@H](CC[C@@]45O[C@@H]4C(O)=C(C#N)C[C@]35C)[C@@H]1CC[C@H]2O. The van der Waals surface area contributed by atoms with Crippen LogP contribution in [0.1, 0.15) is 58.8 Å². The van der Waals surface area contributed by atoms with Crippen molar-refractivity contribution in [3.63, 3.8) is 0 Å². The van der Waals surface area contributed by atoms with Gasteiger partial charge in [0.05, 0.1) is 17.7 Å². The number of allylic oxidation sites excluding steroid dienone is 1. The molecule has 0 amide bonds. The number of nitrogens with zero attached hydrogens (tertiary/aromatic N) is 1. The molecule has 0 radical (unpaired) electrons. The molecule has 1 saturated heterocycles. The zero-order valence-corrected chi connectivity index (χ0v) is 14.6. The number of ether oxygens (including phenoxy) is 1. The van der Waals surface area contributed by atoms with Crippen LogP contribution < -0.4 is 0 Å². The van der Waals surface area contributed by atoms with Gasteiger partial charge < -0.3 is 14.9 Å². The first-order valence-corrected chi connectivity index (χ1v) is 9.55. The van der Waals surface area contributed by atoms with E-state index in [2.05, 4.69) is 19.9 Å². The Balaban J connectivity index is 1.55. The van der Waals surface area contributed by atoms with Crippen LogP contribution in [-0.2, 0) is 4.74 Å². The van der Waals surface area contributed by atoms with Gasteiger partial charge in [-0.1, -0.05) is 13.8 Å². The summed E-state index contributed by atoms with van der Waals surface area (Å²) in [5, 5.41) is 30.4. The number of rotatable bonds is 0. The lowest BCUT2D eigenvalue weighted by Gasteiger charge is -2.58. The molecule has 8 atom stereocenters. The third-order valence-corrected chi connectivity index (χ3v) is 8.95. The maximum Gasteiger partial charge on any atom is 0.146 e. The van der Waals surface area contributed by atoms with Crippen molar-refractivity contribution in [1.82, 2.24) is 0 Å². The molecule has 4 nitrogen and oxygen atoms in total. The number of aliphatic hydroxyl groups excluding tert-OH is 2. The van der Waals surface area contributed by atoms with Gasteiger partial charge in [0.25, 0.3) is 0 Å². The molecule has 4 fully saturated rings. The third-order valence-electron chi connectivity index (χ3n) is 8.95. The molecule has 0 aromatic heterocycles. The van der Waals surface area contributed by atoms with Crippen molar-refractivity contribution in [3.8, 4) is 6.07 Å². The zero-order chi connectivity index (χ0) is 16.9. The van der Waals surface area contributed by atoms with Crippen molar-refractivity contribution in [1.29, 1.82) is 5.26 Å². The molecular weight excluding hydrogens is 302 g/mol. The molecular formula is C20H27NO3. The van der Waals surface area contributed by atoms with Crippen molar-refractivity contribution < 1.29 is 14.9 Å². The van der Waals surface area contributed by atoms with Crippen LogP contribution in [0.5, 0.6) is 0 Å². The second kappa shape index (κ2) is 4.37. The lowest BCUT2D eigenvalue weighted by molar-refractivity contribution is -0.116. The topological polar surface area (TPSA) is 76.8 Å². The Kier molecular flexibility index (Phi) is 2.77. The molecule has 0 aromatic carbocycles. The summed E-state index contributed by atoms with van der Waals surface area (Å²) in [6.07, 6.45) is 6.65. The number of nitriles is 1. The Bertz CT molecular complexity index is 681. The van der Waals surface area contributed by atoms with Crippen molar-refractivity contribution in [3.05, 3.63) is 11.3 Å². The van der Waals surface area contributed by atoms with E-state index in [0.29, 0.717) is 29.7 Å². The highest BCUT2D eigenvalue weighted by Gasteiger charge is 2.76. The normalized spacial score (nSPS) is 58.2. The van der Waals surface area contributed by atoms with E-state index in [1.807, 2.05) is 0 Å². The lowest BCUT2D eigenvalue weighted by atomic mass is 9.45. The largest absolute Gasteiger partial charge is 0.508 e. The fourth-order valence-electron chi connectivity index (χ4n) is 7.50. The highest BCUT2D eigenvalue weighted by molar-refractivity contribution is 5.41. The standard InChI is InChI=1S/C20H27NO3/c1-18-7-6-14-12(13(18)3-4-15(18)22)5-8-20-17(24-20)16(23)11(10-21)9-19(14,20)2/h12-15,17,22-23H,3-9H2,1-2H3/t12-,13+,14+,15-,17-,18+,19-,20-/m1/s1. The minimum Gasteiger partial charge on any atom is -0.508 e. The second-order valence-electron chi connectivity index (χ2n) is 9.51. The van der Waals surface area contributed by atoms with E-state index in [9.17, 15) is 15.5 Å². The first kappa shape index (κ1) is 15.2. The summed E-state index contributed by atoms with van der Waals surface area (Å²) in [4.78, 5) is 0. The predicted molar refractivity (Wildman–Crippen MR) is 87.9 cm³/mol. The van der Waals surface area contributed by atoms with Crippen LogP contribution >= 0.6 is 0 Å². The fraction of sp³-hybridized carbons (Fsp3) is 0.850. The first-order valence-electron chi connectivity index (χ1n) is 9.55. The summed E-state index contributed by atoms with van der Waals surface area (Å²) in [6, 6.07) is 2.23. The quantitative estimate of drug-likeness (QED) is 0.667. The number of fused-ring (bicyclic) bond motifs is 4. The van der Waals surface area contributed by atoms with Gasteiger partial charge in [-0.25, -0.2) is 0 Å². The van der Waals surface area contributed by atoms with Gasteiger partial charge in [-0.15, -0.1) is 0 Å². The number of aliphatic hydroxyl groups is 2. The third kappa shape index (κ3) is 1.48. The Hall–Kier alpha value is -1.05. The van der Waals surface area contributed by atoms with E-state index in [0.717, 1.165) is 38.5 Å². The molecule has 3 saturated carbocycles. The van der Waals surface area contributed by atoms with Gasteiger partial charge >= 0.3 is 0 Å². The Morgan fingerprint density at radius 3 is 2.67 bits per heavy atom. The maximum atomic E-state index is 10.5. The smallest absolute Gasteiger partial charge is 0.146 e. The van der Waals surface area contributed by atoms with Crippen molar-refractivity contribution in [2.45, 2.75) is 76.6 Å². The molecule has 1 heterocycles. The number of hydrogen-bond donors (Lipinski definition) is 2. The second-order valence-corrected chi connectivity index (χ2v) is 9.51. The van der Waals surface area contributed by atoms with E-state index < -0.39 is 0 Å². The van der Waals surface area contributed by atoms with E-state index in [1.165, 1.54) is 0 Å². The molecule has 0 aromatic rings. The molecule has 130 valence electrons. The van der Waals surface area contributed by atoms with Gasteiger partial charge in [0.1, 0.15) is 17.5 Å². The fourth-order valence-corrected chi connectivity index (χ4v) is 7.50. The van der Waals surface area contributed by atoms with Crippen molar-refractivity contribution in [2.24, 2.45) is 28.6 Å². The lowest BCUT2D eigenvalue weighted by Crippen LogP contribution is -2.57. The molecule has 0 bridgehead atoms. The van der Waals surface area contributed by atoms with E-state index in [1.54, 1.807) is 0 Å². The van der Waals surface area contributed by atoms with Gasteiger partial charge in [-0.2, -0.15) is 5.26 Å². The van der Waals surface area contributed by atoms with Gasteiger partial charge in [0, 0.05) is 5.41 Å². The minimum atomic E-state index is -0.241. The Labute approximate surface area is 143 Å². The summed E-state index contributed by atoms with van der Waals surface area (Å²) >= 11 is 0. The number of hydrogen-bond acceptors (Lipinski definition) is 4. The summed E-state index contributed by atoms with van der Waals surface area (Å²) in [7, 11) is 0. The van der Waals surface area contributed by atoms with E-state index >= 15 is 0 Å². The molecule has 0 unspecified atom stereocenters. The zero-order valence-electron chi connectivity index (χ0n) is 14.6. The van der Waals surface area contributed by atoms with Crippen LogP contribution in [0.15, 0.2) is 11.3 Å². The Morgan fingerprint density at radius 2 is 1.92 bits per heavy atom. The highest BCUT2D eigenvalue weighted by atomic mass is 16.6. The average Bonchev–Trinajstić information content (AvgIpc) is 3.23. The van der Waals surface area contributed by atoms with Crippen LogP contribution in [0, 0.1) is 39.9 Å². The predicted octanol–water partition coefficient (Wildman–Crippen LogP) is 3.47. The van der Waals surface area contributed by atoms with Crippen LogP contribution in [0.25, 0.3) is 0 Å². The highest BCUT2D eigenvalue weighted by Crippen LogP contribution is 2.73. The van der Waals surface area contributed by atoms with Crippen LogP contribution in [-0.4, -0.2) is 28.0 Å². The van der Waals surface area contributed by atoms with Crippen LogP contribution in [0.3, 0.4) is 0 Å². The van der Waals surface area contributed by atoms with Crippen LogP contribution in [0.4, 0.5) is 0 Å². The van der Waals surface area contributed by atoms with Gasteiger partial charge in [-0.3, -0.25) is 0 Å². The van der Waals surface area contributed by atoms with Gasteiger partial charge in [0.2, 0.25) is 0 Å². The molecule has 24 heavy (non-hydrogen) atoms. The van der Waals surface area contributed by atoms with Crippen molar-refractivity contribution in [2.75, 3.05) is 0 Å². The van der Waals surface area contributed by atoms with Gasteiger partial charge in [-0.05, 0) is 68.1 Å². The molecule has 1 aliphatic heterocycles. The molecule has 5 aliphatic rings. The molecule has 1 spiro atoms. The molecule has 4 aliphatic carbocycles. The molecule has 5 rings (SSSR count). The maximum absolute atomic E-state index is 10.5. The van der Waals surface area contributed by atoms with Crippen molar-refractivity contribution >= 4 is 0 Å². The summed E-state index contributed by atoms with van der Waals surface area (Å²) in [5.41, 5.74) is 0.336. The van der Waals surface area contributed by atoms with E-state index in [-0.39, 0.29) is 34.4 Å². The first-order chi connectivity index (χ1) is 11.4. The Morgan fingerprint density at radius 1 is 1.12 bits per heavy atom. The van der Waals surface area contributed by atoms with Crippen LogP contribution in [0.2, 0.25) is 0 Å². The number of epoxide rings is 1. The monoisotopic (exact) mass is 329 g/mol. The molecule has 4 heteroatoms. The minimum absolute atomic E-state index is 0.0489.